The molecule has 0 aliphatic heterocycles. The van der Waals surface area contributed by atoms with E-state index in [0.29, 0.717) is 12.0 Å². The monoisotopic (exact) mass is 281 g/mol. The predicted octanol–water partition coefficient (Wildman–Crippen LogP) is 5.22. The van der Waals surface area contributed by atoms with Crippen molar-refractivity contribution in [2.45, 2.75) is 39.7 Å². The van der Waals surface area contributed by atoms with E-state index in [1.807, 2.05) is 7.05 Å². The average molecular weight is 281 g/mol. The molecule has 1 N–H and O–H groups in total. The molecule has 1 heteroatoms. The lowest BCUT2D eigenvalue weighted by atomic mass is 9.96. The molecule has 0 radical (unpaired) electrons. The van der Waals surface area contributed by atoms with E-state index in [-0.39, 0.29) is 0 Å². The first-order valence-corrected chi connectivity index (χ1v) is 8.00. The van der Waals surface area contributed by atoms with E-state index < -0.39 is 0 Å². The second-order valence-corrected chi connectivity index (χ2v) is 6.17. The van der Waals surface area contributed by atoms with Crippen LogP contribution in [0.4, 0.5) is 0 Å². The molecule has 2 aromatic carbocycles. The van der Waals surface area contributed by atoms with Crippen molar-refractivity contribution in [3.05, 3.63) is 59.7 Å². The average Bonchev–Trinajstić information content (AvgIpc) is 2.49. The molecule has 0 spiro atoms. The summed E-state index contributed by atoms with van der Waals surface area (Å²) in [7, 11) is 2.03. The fourth-order valence-electron chi connectivity index (χ4n) is 2.86. The molecule has 0 fully saturated rings. The van der Waals surface area contributed by atoms with E-state index in [1.165, 1.54) is 22.3 Å². The Morgan fingerprint density at radius 3 is 2.24 bits per heavy atom. The van der Waals surface area contributed by atoms with Crippen molar-refractivity contribution in [2.24, 2.45) is 5.92 Å². The Hall–Kier alpha value is -1.60. The number of rotatable bonds is 6. The zero-order valence-electron chi connectivity index (χ0n) is 13.7. The maximum atomic E-state index is 3.36. The predicted molar refractivity (Wildman–Crippen MR) is 92.5 cm³/mol. The Labute approximate surface area is 129 Å². The van der Waals surface area contributed by atoms with Crippen LogP contribution in [0.3, 0.4) is 0 Å². The van der Waals surface area contributed by atoms with E-state index in [0.717, 1.165) is 12.8 Å². The van der Waals surface area contributed by atoms with Crippen LogP contribution in [0.2, 0.25) is 0 Å². The highest BCUT2D eigenvalue weighted by Crippen LogP contribution is 2.24. The molecule has 0 bridgehead atoms. The minimum absolute atomic E-state index is 0.450. The van der Waals surface area contributed by atoms with Gasteiger partial charge in [-0.25, -0.2) is 0 Å². The summed E-state index contributed by atoms with van der Waals surface area (Å²) in [4.78, 5) is 0. The van der Waals surface area contributed by atoms with Crippen LogP contribution in [0.25, 0.3) is 11.1 Å². The number of benzene rings is 2. The van der Waals surface area contributed by atoms with Gasteiger partial charge in [0.05, 0.1) is 0 Å². The normalized spacial score (nSPS) is 12.6. The summed E-state index contributed by atoms with van der Waals surface area (Å²) in [5.74, 6) is 0.698. The molecule has 0 heterocycles. The highest BCUT2D eigenvalue weighted by Gasteiger charge is 2.07. The Bertz CT molecular complexity index is 550. The third-order valence-electron chi connectivity index (χ3n) is 3.97. The van der Waals surface area contributed by atoms with Gasteiger partial charge < -0.3 is 5.32 Å². The first-order valence-electron chi connectivity index (χ1n) is 8.00. The first-order chi connectivity index (χ1) is 10.1. The van der Waals surface area contributed by atoms with Crippen molar-refractivity contribution in [1.82, 2.24) is 5.32 Å². The van der Waals surface area contributed by atoms with E-state index in [4.69, 9.17) is 0 Å². The van der Waals surface area contributed by atoms with Gasteiger partial charge >= 0.3 is 0 Å². The molecule has 1 atom stereocenters. The second kappa shape index (κ2) is 7.42. The summed E-state index contributed by atoms with van der Waals surface area (Å²) in [6, 6.07) is 18.3. The van der Waals surface area contributed by atoms with Gasteiger partial charge in [-0.15, -0.1) is 0 Å². The van der Waals surface area contributed by atoms with Gasteiger partial charge in [-0.05, 0) is 48.1 Å². The first kappa shape index (κ1) is 15.8. The summed E-state index contributed by atoms with van der Waals surface area (Å²) in [6.45, 7) is 6.75. The fourth-order valence-corrected chi connectivity index (χ4v) is 2.86. The molecule has 1 nitrogen and oxygen atoms in total. The molecule has 0 aliphatic carbocycles. The summed E-state index contributed by atoms with van der Waals surface area (Å²) in [5, 5.41) is 3.36. The number of nitrogens with one attached hydrogen (secondary N) is 1. The van der Waals surface area contributed by atoms with E-state index in [2.05, 4.69) is 74.6 Å². The third kappa shape index (κ3) is 4.18. The van der Waals surface area contributed by atoms with Crippen LogP contribution >= 0.6 is 0 Å². The van der Waals surface area contributed by atoms with E-state index in [9.17, 15) is 0 Å². The minimum atomic E-state index is 0.450. The number of hydrogen-bond donors (Lipinski definition) is 1. The van der Waals surface area contributed by atoms with Crippen LogP contribution in [-0.4, -0.2) is 7.05 Å². The largest absolute Gasteiger partial charge is 0.313 e. The van der Waals surface area contributed by atoms with Crippen molar-refractivity contribution in [2.75, 3.05) is 7.05 Å². The van der Waals surface area contributed by atoms with Crippen molar-refractivity contribution in [3.8, 4) is 11.1 Å². The van der Waals surface area contributed by atoms with Gasteiger partial charge in [0.2, 0.25) is 0 Å². The van der Waals surface area contributed by atoms with Crippen LogP contribution in [0.15, 0.2) is 48.5 Å². The van der Waals surface area contributed by atoms with E-state index >= 15 is 0 Å². The van der Waals surface area contributed by atoms with Crippen LogP contribution in [-0.2, 0) is 6.42 Å². The highest BCUT2D eigenvalue weighted by molar-refractivity contribution is 5.64. The fraction of sp³-hybridized carbons (Fsp3) is 0.400. The molecule has 0 saturated heterocycles. The van der Waals surface area contributed by atoms with Crippen LogP contribution in [0, 0.1) is 5.92 Å². The smallest absolute Gasteiger partial charge is 0.0314 e. The molecule has 0 saturated carbocycles. The third-order valence-corrected chi connectivity index (χ3v) is 3.97. The standard InChI is InChI=1S/C20H27N/c1-5-20(21-4)18-11-9-17(10-12-18)19-8-6-7-16(14-19)13-15(2)3/h6-12,14-15,20-21H,5,13H2,1-4H3. The van der Waals surface area contributed by atoms with Gasteiger partial charge in [0.1, 0.15) is 0 Å². The quantitative estimate of drug-likeness (QED) is 0.765. The minimum Gasteiger partial charge on any atom is -0.313 e. The molecule has 21 heavy (non-hydrogen) atoms. The highest BCUT2D eigenvalue weighted by atomic mass is 14.9. The molecule has 0 amide bonds. The Morgan fingerprint density at radius 2 is 1.67 bits per heavy atom. The number of hydrogen-bond acceptors (Lipinski definition) is 1. The van der Waals surface area contributed by atoms with Gasteiger partial charge in [0, 0.05) is 6.04 Å². The Morgan fingerprint density at radius 1 is 0.952 bits per heavy atom. The van der Waals surface area contributed by atoms with Gasteiger partial charge in [-0.3, -0.25) is 0 Å². The zero-order valence-corrected chi connectivity index (χ0v) is 13.7. The van der Waals surface area contributed by atoms with Gasteiger partial charge in [-0.1, -0.05) is 69.3 Å². The molecule has 2 aromatic rings. The molecular weight excluding hydrogens is 254 g/mol. The molecule has 0 aromatic heterocycles. The second-order valence-electron chi connectivity index (χ2n) is 6.17. The summed E-state index contributed by atoms with van der Waals surface area (Å²) >= 11 is 0. The van der Waals surface area contributed by atoms with Crippen molar-refractivity contribution >= 4 is 0 Å². The van der Waals surface area contributed by atoms with Crippen LogP contribution in [0.1, 0.15) is 44.4 Å². The lowest BCUT2D eigenvalue weighted by Gasteiger charge is -2.15. The maximum Gasteiger partial charge on any atom is 0.0314 e. The summed E-state index contributed by atoms with van der Waals surface area (Å²) in [5.41, 5.74) is 5.41. The van der Waals surface area contributed by atoms with Crippen molar-refractivity contribution < 1.29 is 0 Å². The van der Waals surface area contributed by atoms with Gasteiger partial charge in [0.15, 0.2) is 0 Å². The molecular formula is C20H27N. The zero-order chi connectivity index (χ0) is 15.2. The van der Waals surface area contributed by atoms with Crippen molar-refractivity contribution in [3.63, 3.8) is 0 Å². The maximum absolute atomic E-state index is 3.36. The van der Waals surface area contributed by atoms with E-state index in [1.54, 1.807) is 0 Å². The van der Waals surface area contributed by atoms with Crippen molar-refractivity contribution in [1.29, 1.82) is 0 Å². The lowest BCUT2D eigenvalue weighted by molar-refractivity contribution is 0.577. The summed E-state index contributed by atoms with van der Waals surface area (Å²) < 4.78 is 0. The lowest BCUT2D eigenvalue weighted by Crippen LogP contribution is -2.14. The SMILES string of the molecule is CCC(NC)c1ccc(-c2cccc(CC(C)C)c2)cc1. The van der Waals surface area contributed by atoms with Crippen LogP contribution < -0.4 is 5.32 Å². The Balaban J connectivity index is 2.22. The van der Waals surface area contributed by atoms with Gasteiger partial charge in [-0.2, -0.15) is 0 Å². The molecule has 1 unspecified atom stereocenters. The topological polar surface area (TPSA) is 12.0 Å². The Kier molecular flexibility index (Phi) is 5.58. The molecule has 112 valence electrons. The van der Waals surface area contributed by atoms with Crippen LogP contribution in [0.5, 0.6) is 0 Å². The molecule has 2 rings (SSSR count). The van der Waals surface area contributed by atoms with Gasteiger partial charge in [0.25, 0.3) is 0 Å². The molecule has 0 aliphatic rings. The summed E-state index contributed by atoms with van der Waals surface area (Å²) in [6.07, 6.45) is 2.25.